The van der Waals surface area contributed by atoms with Crippen molar-refractivity contribution in [2.45, 2.75) is 59.2 Å². The summed E-state index contributed by atoms with van der Waals surface area (Å²) in [5, 5.41) is 0. The molecule has 0 aromatic carbocycles. The van der Waals surface area contributed by atoms with Gasteiger partial charge in [0, 0.05) is 8.80 Å². The van der Waals surface area contributed by atoms with Crippen molar-refractivity contribution in [3.05, 3.63) is 22.3 Å². The SMILES string of the molecule is CC[SiH](CC)C1C(C)=C(C)C(C)=C1C. The van der Waals surface area contributed by atoms with Crippen LogP contribution in [0.25, 0.3) is 0 Å². The Morgan fingerprint density at radius 3 is 1.50 bits per heavy atom. The van der Waals surface area contributed by atoms with Gasteiger partial charge in [0.1, 0.15) is 0 Å². The maximum absolute atomic E-state index is 2.38. The smallest absolute Gasteiger partial charge is 0.0491 e. The van der Waals surface area contributed by atoms with E-state index in [9.17, 15) is 0 Å². The maximum Gasteiger partial charge on any atom is 0.0491 e. The molecule has 0 radical (unpaired) electrons. The molecule has 0 aromatic heterocycles. The van der Waals surface area contributed by atoms with Gasteiger partial charge in [-0.15, -0.1) is 0 Å². The highest BCUT2D eigenvalue weighted by atomic mass is 28.3. The van der Waals surface area contributed by atoms with Crippen LogP contribution in [0.15, 0.2) is 22.3 Å². The van der Waals surface area contributed by atoms with Crippen molar-refractivity contribution < 1.29 is 0 Å². The quantitative estimate of drug-likeness (QED) is 0.606. The van der Waals surface area contributed by atoms with Gasteiger partial charge < -0.3 is 0 Å². The first-order valence-electron chi connectivity index (χ1n) is 5.89. The second-order valence-electron chi connectivity index (χ2n) is 4.67. The summed E-state index contributed by atoms with van der Waals surface area (Å²) in [7, 11) is -0.553. The monoisotopic (exact) mass is 208 g/mol. The van der Waals surface area contributed by atoms with E-state index < -0.39 is 8.80 Å². The Bertz CT molecular complexity index is 256. The van der Waals surface area contributed by atoms with Crippen LogP contribution in [0.2, 0.25) is 17.6 Å². The lowest BCUT2D eigenvalue weighted by Gasteiger charge is -2.23. The Balaban J connectivity index is 3.02. The zero-order chi connectivity index (χ0) is 10.9. The highest BCUT2D eigenvalue weighted by molar-refractivity contribution is 6.62. The maximum atomic E-state index is 2.38. The van der Waals surface area contributed by atoms with E-state index in [1.165, 1.54) is 12.1 Å². The van der Waals surface area contributed by atoms with Gasteiger partial charge in [-0.2, -0.15) is 0 Å². The second-order valence-corrected chi connectivity index (χ2v) is 8.49. The van der Waals surface area contributed by atoms with E-state index in [0.717, 1.165) is 5.54 Å². The molecule has 1 rings (SSSR count). The first-order valence-corrected chi connectivity index (χ1v) is 8.19. The number of hydrogen-bond acceptors (Lipinski definition) is 0. The van der Waals surface area contributed by atoms with E-state index in [1.54, 1.807) is 22.3 Å². The van der Waals surface area contributed by atoms with Crippen molar-refractivity contribution >= 4 is 8.80 Å². The average Bonchev–Trinajstić information content (AvgIpc) is 2.37. The summed E-state index contributed by atoms with van der Waals surface area (Å²) in [6, 6.07) is 2.88. The number of allylic oxidation sites excluding steroid dienone is 4. The molecule has 0 aliphatic heterocycles. The number of hydrogen-bond donors (Lipinski definition) is 0. The largest absolute Gasteiger partial charge is 0.0680 e. The topological polar surface area (TPSA) is 0 Å². The molecule has 1 aliphatic rings. The molecular formula is C13H24Si. The molecule has 0 unspecified atom stereocenters. The molecule has 14 heavy (non-hydrogen) atoms. The van der Waals surface area contributed by atoms with E-state index in [4.69, 9.17) is 0 Å². The van der Waals surface area contributed by atoms with Gasteiger partial charge in [0.05, 0.1) is 0 Å². The van der Waals surface area contributed by atoms with Crippen LogP contribution in [-0.2, 0) is 0 Å². The van der Waals surface area contributed by atoms with Gasteiger partial charge in [-0.1, -0.05) is 37.1 Å². The van der Waals surface area contributed by atoms with E-state index in [2.05, 4.69) is 41.5 Å². The summed E-state index contributed by atoms with van der Waals surface area (Å²) in [6.45, 7) is 14.1. The summed E-state index contributed by atoms with van der Waals surface area (Å²) >= 11 is 0. The predicted molar refractivity (Wildman–Crippen MR) is 68.6 cm³/mol. The third-order valence-electron chi connectivity index (χ3n) is 4.20. The van der Waals surface area contributed by atoms with E-state index in [-0.39, 0.29) is 0 Å². The molecule has 0 saturated heterocycles. The van der Waals surface area contributed by atoms with Gasteiger partial charge in [-0.3, -0.25) is 0 Å². The third kappa shape index (κ3) is 1.74. The van der Waals surface area contributed by atoms with Crippen LogP contribution in [0.3, 0.4) is 0 Å². The fourth-order valence-corrected chi connectivity index (χ4v) is 6.28. The molecule has 0 nitrogen and oxygen atoms in total. The molecule has 0 saturated carbocycles. The molecule has 1 aliphatic carbocycles. The van der Waals surface area contributed by atoms with E-state index in [0.29, 0.717) is 0 Å². The fourth-order valence-electron chi connectivity index (χ4n) is 2.85. The Hall–Kier alpha value is -0.303. The first kappa shape index (κ1) is 11.8. The summed E-state index contributed by atoms with van der Waals surface area (Å²) in [5.41, 5.74) is 7.39. The van der Waals surface area contributed by atoms with Crippen LogP contribution in [-0.4, -0.2) is 8.80 Å². The van der Waals surface area contributed by atoms with E-state index in [1.807, 2.05) is 0 Å². The Morgan fingerprint density at radius 2 is 1.21 bits per heavy atom. The molecule has 0 atom stereocenters. The summed E-state index contributed by atoms with van der Waals surface area (Å²) in [6.07, 6.45) is 0. The van der Waals surface area contributed by atoms with Crippen LogP contribution >= 0.6 is 0 Å². The zero-order valence-corrected chi connectivity index (χ0v) is 11.7. The van der Waals surface area contributed by atoms with Gasteiger partial charge in [-0.05, 0) is 44.4 Å². The normalized spacial score (nSPS) is 19.1. The van der Waals surface area contributed by atoms with Crippen molar-refractivity contribution in [2.24, 2.45) is 0 Å². The minimum Gasteiger partial charge on any atom is -0.0680 e. The molecule has 0 amide bonds. The van der Waals surface area contributed by atoms with Crippen LogP contribution in [0.4, 0.5) is 0 Å². The molecule has 0 heterocycles. The molecule has 0 aromatic rings. The number of rotatable bonds is 3. The van der Waals surface area contributed by atoms with Crippen molar-refractivity contribution in [2.75, 3.05) is 0 Å². The predicted octanol–water partition coefficient (Wildman–Crippen LogP) is 4.31. The van der Waals surface area contributed by atoms with Gasteiger partial charge in [-0.25, -0.2) is 0 Å². The molecule has 0 spiro atoms. The Morgan fingerprint density at radius 1 is 0.857 bits per heavy atom. The Labute approximate surface area is 90.7 Å². The van der Waals surface area contributed by atoms with Crippen molar-refractivity contribution in [3.8, 4) is 0 Å². The van der Waals surface area contributed by atoms with Crippen LogP contribution in [0.1, 0.15) is 41.5 Å². The van der Waals surface area contributed by atoms with E-state index >= 15 is 0 Å². The van der Waals surface area contributed by atoms with Gasteiger partial charge >= 0.3 is 0 Å². The summed E-state index contributed by atoms with van der Waals surface area (Å²) in [5.74, 6) is 0. The lowest BCUT2D eigenvalue weighted by Crippen LogP contribution is -2.19. The molecule has 0 bridgehead atoms. The summed E-state index contributed by atoms with van der Waals surface area (Å²) in [4.78, 5) is 0. The molecule has 80 valence electrons. The first-order chi connectivity index (χ1) is 6.54. The second kappa shape index (κ2) is 4.48. The van der Waals surface area contributed by atoms with Crippen LogP contribution in [0, 0.1) is 0 Å². The highest BCUT2D eigenvalue weighted by Gasteiger charge is 2.29. The standard InChI is InChI=1S/C13H24Si/c1-7-14(8-2)13-11(5)9(3)10(4)12(13)6/h13-14H,7-8H2,1-6H3. The molecule has 0 N–H and O–H groups in total. The highest BCUT2D eigenvalue weighted by Crippen LogP contribution is 2.44. The van der Waals surface area contributed by atoms with Gasteiger partial charge in [0.25, 0.3) is 0 Å². The summed E-state index contributed by atoms with van der Waals surface area (Å²) < 4.78 is 0. The van der Waals surface area contributed by atoms with Gasteiger partial charge in [0.2, 0.25) is 0 Å². The van der Waals surface area contributed by atoms with Crippen molar-refractivity contribution in [1.82, 2.24) is 0 Å². The zero-order valence-electron chi connectivity index (χ0n) is 10.6. The van der Waals surface area contributed by atoms with Crippen LogP contribution in [0.5, 0.6) is 0 Å². The molecular weight excluding hydrogens is 184 g/mol. The fraction of sp³-hybridized carbons (Fsp3) is 0.692. The third-order valence-corrected chi connectivity index (χ3v) is 8.24. The van der Waals surface area contributed by atoms with Gasteiger partial charge in [0.15, 0.2) is 0 Å². The average molecular weight is 208 g/mol. The molecule has 1 heteroatoms. The van der Waals surface area contributed by atoms with Crippen molar-refractivity contribution in [3.63, 3.8) is 0 Å². The minimum absolute atomic E-state index is 0.553. The lowest BCUT2D eigenvalue weighted by atomic mass is 10.1. The lowest BCUT2D eigenvalue weighted by molar-refractivity contribution is 1.05. The minimum atomic E-state index is -0.553. The van der Waals surface area contributed by atoms with Crippen LogP contribution < -0.4 is 0 Å². The molecule has 0 fully saturated rings. The Kier molecular flexibility index (Phi) is 3.76. The van der Waals surface area contributed by atoms with Crippen molar-refractivity contribution in [1.29, 1.82) is 0 Å².